The first-order chi connectivity index (χ1) is 11.8. The molecule has 0 saturated carbocycles. The maximum atomic E-state index is 12.3. The quantitative estimate of drug-likeness (QED) is 0.771. The van der Waals surface area contributed by atoms with E-state index in [0.29, 0.717) is 0 Å². The fraction of sp³-hybridized carbons (Fsp3) is 0.133. The van der Waals surface area contributed by atoms with Gasteiger partial charge in [0.2, 0.25) is 0 Å². The average molecular weight is 366 g/mol. The lowest BCUT2D eigenvalue weighted by Gasteiger charge is -2.10. The molecule has 0 unspecified atom stereocenters. The van der Waals surface area contributed by atoms with E-state index in [2.05, 4.69) is 4.98 Å². The van der Waals surface area contributed by atoms with Gasteiger partial charge in [-0.3, -0.25) is 4.79 Å². The van der Waals surface area contributed by atoms with Gasteiger partial charge in [-0.25, -0.2) is 22.9 Å². The van der Waals surface area contributed by atoms with Crippen LogP contribution in [0.2, 0.25) is 0 Å². The Labute approximate surface area is 143 Å². The number of methoxy groups -OCH3 is 2. The normalized spacial score (nSPS) is 10.8. The molecular formula is C15H14N2O7S. The van der Waals surface area contributed by atoms with Gasteiger partial charge >= 0.3 is 5.97 Å². The van der Waals surface area contributed by atoms with Crippen molar-refractivity contribution in [3.63, 3.8) is 0 Å². The van der Waals surface area contributed by atoms with Gasteiger partial charge in [0, 0.05) is 0 Å². The molecule has 25 heavy (non-hydrogen) atoms. The first-order valence-electron chi connectivity index (χ1n) is 6.78. The summed E-state index contributed by atoms with van der Waals surface area (Å²) in [4.78, 5) is 26.7. The Bertz CT molecular complexity index is 925. The maximum absolute atomic E-state index is 12.3. The first kappa shape index (κ1) is 18.2. The molecule has 9 nitrogen and oxygen atoms in total. The van der Waals surface area contributed by atoms with Crippen molar-refractivity contribution in [3.8, 4) is 11.6 Å². The first-order valence-corrected chi connectivity index (χ1v) is 8.27. The fourth-order valence-corrected chi connectivity index (χ4v) is 3.12. The zero-order chi connectivity index (χ0) is 18.6. The minimum atomic E-state index is -4.41. The molecule has 0 aliphatic heterocycles. The van der Waals surface area contributed by atoms with Crippen molar-refractivity contribution in [1.29, 1.82) is 0 Å². The van der Waals surface area contributed by atoms with Crippen LogP contribution < -0.4 is 14.2 Å². The molecule has 1 heterocycles. The molecule has 0 bridgehead atoms. The van der Waals surface area contributed by atoms with E-state index in [1.165, 1.54) is 38.5 Å². The van der Waals surface area contributed by atoms with Gasteiger partial charge in [0.25, 0.3) is 21.8 Å². The van der Waals surface area contributed by atoms with Gasteiger partial charge in [0.1, 0.15) is 10.6 Å². The maximum Gasteiger partial charge on any atom is 0.337 e. The summed E-state index contributed by atoms with van der Waals surface area (Å²) in [5.74, 6) is -2.21. The number of rotatable bonds is 6. The van der Waals surface area contributed by atoms with E-state index in [1.54, 1.807) is 4.72 Å². The van der Waals surface area contributed by atoms with Gasteiger partial charge in [0.15, 0.2) is 5.75 Å². The summed E-state index contributed by atoms with van der Waals surface area (Å²) in [6.45, 7) is 0. The highest BCUT2D eigenvalue weighted by atomic mass is 32.2. The summed E-state index contributed by atoms with van der Waals surface area (Å²) in [7, 11) is -1.72. The third-order valence-corrected chi connectivity index (χ3v) is 4.49. The molecule has 0 fully saturated rings. The second-order valence-electron chi connectivity index (χ2n) is 4.64. The molecule has 1 aromatic carbocycles. The lowest BCUT2D eigenvalue weighted by atomic mass is 10.2. The van der Waals surface area contributed by atoms with Gasteiger partial charge in [-0.2, -0.15) is 0 Å². The topological polar surface area (TPSA) is 132 Å². The van der Waals surface area contributed by atoms with Crippen LogP contribution in [0.4, 0.5) is 0 Å². The van der Waals surface area contributed by atoms with Crippen LogP contribution in [0.25, 0.3) is 0 Å². The number of amides is 1. The predicted octanol–water partition coefficient (Wildman–Crippen LogP) is 0.916. The number of carbonyl (C=O) groups excluding carboxylic acids is 1. The van der Waals surface area contributed by atoms with E-state index in [1.807, 2.05) is 0 Å². The van der Waals surface area contributed by atoms with Crippen LogP contribution in [0.3, 0.4) is 0 Å². The smallest absolute Gasteiger partial charge is 0.337 e. The van der Waals surface area contributed by atoms with Crippen LogP contribution in [0, 0.1) is 0 Å². The number of hydrogen-bond acceptors (Lipinski definition) is 7. The SMILES string of the molecule is COc1ccc(C(=O)NS(=O)(=O)c2ccccc2C(=O)O)nc1OC. The van der Waals surface area contributed by atoms with Crippen LogP contribution in [0.15, 0.2) is 41.3 Å². The van der Waals surface area contributed by atoms with E-state index < -0.39 is 32.4 Å². The van der Waals surface area contributed by atoms with E-state index in [-0.39, 0.29) is 17.3 Å². The van der Waals surface area contributed by atoms with E-state index in [0.717, 1.165) is 12.1 Å². The molecule has 0 aliphatic rings. The molecule has 0 aliphatic carbocycles. The molecule has 0 spiro atoms. The highest BCUT2D eigenvalue weighted by Gasteiger charge is 2.25. The second kappa shape index (κ2) is 7.18. The lowest BCUT2D eigenvalue weighted by Crippen LogP contribution is -2.32. The van der Waals surface area contributed by atoms with Crippen molar-refractivity contribution < 1.29 is 32.6 Å². The zero-order valence-electron chi connectivity index (χ0n) is 13.2. The number of benzene rings is 1. The lowest BCUT2D eigenvalue weighted by molar-refractivity contribution is 0.0692. The highest BCUT2D eigenvalue weighted by Crippen LogP contribution is 2.24. The third-order valence-electron chi connectivity index (χ3n) is 3.11. The Morgan fingerprint density at radius 1 is 1.08 bits per heavy atom. The number of ether oxygens (including phenoxy) is 2. The van der Waals surface area contributed by atoms with Gasteiger partial charge in [-0.1, -0.05) is 12.1 Å². The minimum absolute atomic E-state index is 0.00140. The average Bonchev–Trinajstić information content (AvgIpc) is 2.60. The van der Waals surface area contributed by atoms with Crippen LogP contribution in [0.1, 0.15) is 20.8 Å². The molecule has 2 N–H and O–H groups in total. The van der Waals surface area contributed by atoms with E-state index in [4.69, 9.17) is 14.6 Å². The van der Waals surface area contributed by atoms with Gasteiger partial charge in [0.05, 0.1) is 19.8 Å². The standard InChI is InChI=1S/C15H14N2O7S/c1-23-11-8-7-10(16-14(11)24-2)13(18)17-25(21,22)12-6-4-3-5-9(12)15(19)20/h3-8H,1-2H3,(H,17,18)(H,19,20). The van der Waals surface area contributed by atoms with Crippen molar-refractivity contribution in [3.05, 3.63) is 47.7 Å². The molecule has 1 amide bonds. The number of carboxylic acids is 1. The molecule has 0 atom stereocenters. The van der Waals surface area contributed by atoms with Gasteiger partial charge in [-0.05, 0) is 24.3 Å². The van der Waals surface area contributed by atoms with E-state index >= 15 is 0 Å². The predicted molar refractivity (Wildman–Crippen MR) is 85.4 cm³/mol. The minimum Gasteiger partial charge on any atom is -0.491 e. The summed E-state index contributed by atoms with van der Waals surface area (Å²) in [6.07, 6.45) is 0. The zero-order valence-corrected chi connectivity index (χ0v) is 14.0. The Morgan fingerprint density at radius 2 is 1.76 bits per heavy atom. The van der Waals surface area contributed by atoms with Crippen molar-refractivity contribution in [2.75, 3.05) is 14.2 Å². The van der Waals surface area contributed by atoms with Gasteiger partial charge in [-0.15, -0.1) is 0 Å². The Kier molecular flexibility index (Phi) is 5.22. The number of sulfonamides is 1. The molecule has 132 valence electrons. The van der Waals surface area contributed by atoms with Crippen LogP contribution >= 0.6 is 0 Å². The second-order valence-corrected chi connectivity index (χ2v) is 6.29. The number of nitrogens with zero attached hydrogens (tertiary/aromatic N) is 1. The van der Waals surface area contributed by atoms with Gasteiger partial charge < -0.3 is 14.6 Å². The number of hydrogen-bond donors (Lipinski definition) is 2. The Morgan fingerprint density at radius 3 is 2.36 bits per heavy atom. The largest absolute Gasteiger partial charge is 0.491 e. The summed E-state index contributed by atoms with van der Waals surface area (Å²) < 4.78 is 36.4. The molecule has 0 saturated heterocycles. The number of aromatic nitrogens is 1. The molecule has 10 heteroatoms. The van der Waals surface area contributed by atoms with E-state index in [9.17, 15) is 18.0 Å². The summed E-state index contributed by atoms with van der Waals surface area (Å²) >= 11 is 0. The van der Waals surface area contributed by atoms with Crippen LogP contribution in [-0.4, -0.2) is 44.6 Å². The number of carboxylic acid groups (broad SMARTS) is 1. The number of pyridine rings is 1. The van der Waals surface area contributed by atoms with Crippen molar-refractivity contribution in [2.24, 2.45) is 0 Å². The third kappa shape index (κ3) is 3.86. The molecule has 2 rings (SSSR count). The van der Waals surface area contributed by atoms with Crippen molar-refractivity contribution >= 4 is 21.9 Å². The highest BCUT2D eigenvalue weighted by molar-refractivity contribution is 7.90. The Balaban J connectivity index is 2.36. The number of nitrogens with one attached hydrogen (secondary N) is 1. The monoisotopic (exact) mass is 366 g/mol. The van der Waals surface area contributed by atoms with Crippen LogP contribution in [0.5, 0.6) is 11.6 Å². The Hall–Kier alpha value is -3.14. The van der Waals surface area contributed by atoms with Crippen LogP contribution in [-0.2, 0) is 10.0 Å². The molecular weight excluding hydrogens is 352 g/mol. The van der Waals surface area contributed by atoms with Crippen molar-refractivity contribution in [1.82, 2.24) is 9.71 Å². The summed E-state index contributed by atoms with van der Waals surface area (Å²) in [5.41, 5.74) is -0.697. The molecule has 0 radical (unpaired) electrons. The molecule has 2 aromatic rings. The molecule has 1 aromatic heterocycles. The number of aromatic carboxylic acids is 1. The summed E-state index contributed by atoms with van der Waals surface area (Å²) in [5, 5.41) is 9.09. The fourth-order valence-electron chi connectivity index (χ4n) is 1.96. The number of carbonyl (C=O) groups is 2. The summed E-state index contributed by atoms with van der Waals surface area (Å²) in [6, 6.07) is 7.56. The van der Waals surface area contributed by atoms with Crippen molar-refractivity contribution in [2.45, 2.75) is 4.90 Å².